The van der Waals surface area contributed by atoms with Crippen LogP contribution in [-0.4, -0.2) is 0 Å². The van der Waals surface area contributed by atoms with Crippen LogP contribution in [0.2, 0.25) is 0 Å². The fraction of sp³-hybridized carbons (Fsp3) is 1.00. The third kappa shape index (κ3) is 2.49. The minimum absolute atomic E-state index is 1.01. The van der Waals surface area contributed by atoms with Crippen molar-refractivity contribution in [1.29, 1.82) is 0 Å². The number of hydrogen-bond acceptors (Lipinski definition) is 0. The van der Waals surface area contributed by atoms with Crippen molar-refractivity contribution in [2.24, 2.45) is 35.5 Å². The van der Waals surface area contributed by atoms with E-state index in [0.29, 0.717) is 0 Å². The van der Waals surface area contributed by atoms with Crippen molar-refractivity contribution in [3.8, 4) is 0 Å². The van der Waals surface area contributed by atoms with Crippen molar-refractivity contribution in [2.45, 2.75) is 78.1 Å². The zero-order valence-electron chi connectivity index (χ0n) is 12.5. The van der Waals surface area contributed by atoms with Gasteiger partial charge in [-0.05, 0) is 61.2 Å². The van der Waals surface area contributed by atoms with E-state index in [1.54, 1.807) is 32.1 Å². The third-order valence-corrected chi connectivity index (χ3v) is 6.78. The molecule has 0 heteroatoms. The van der Waals surface area contributed by atoms with Gasteiger partial charge in [-0.2, -0.15) is 0 Å². The Kier molecular flexibility index (Phi) is 4.01. The van der Waals surface area contributed by atoms with E-state index >= 15 is 0 Å². The smallest absolute Gasteiger partial charge is 0.0355 e. The van der Waals surface area contributed by atoms with E-state index in [2.05, 4.69) is 13.8 Å². The Labute approximate surface area is 114 Å². The Morgan fingerprint density at radius 1 is 0.833 bits per heavy atom. The molecule has 6 atom stereocenters. The molecule has 0 nitrogen and oxygen atoms in total. The molecule has 104 valence electrons. The van der Waals surface area contributed by atoms with Crippen LogP contribution in [0.3, 0.4) is 0 Å². The van der Waals surface area contributed by atoms with Crippen LogP contribution >= 0.6 is 0 Å². The van der Waals surface area contributed by atoms with Crippen molar-refractivity contribution in [3.63, 3.8) is 0 Å². The summed E-state index contributed by atoms with van der Waals surface area (Å²) >= 11 is 0. The van der Waals surface area contributed by atoms with Gasteiger partial charge < -0.3 is 0 Å². The second-order valence-corrected chi connectivity index (χ2v) is 7.84. The average molecular weight is 248 g/mol. The van der Waals surface area contributed by atoms with Gasteiger partial charge in [-0.15, -0.1) is 0 Å². The number of rotatable bonds is 2. The maximum absolute atomic E-state index is 2.62. The van der Waals surface area contributed by atoms with Gasteiger partial charge >= 0.3 is 0 Å². The molecule has 0 N–H and O–H groups in total. The van der Waals surface area contributed by atoms with Gasteiger partial charge in [-0.25, -0.2) is 0 Å². The van der Waals surface area contributed by atoms with Gasteiger partial charge in [0.25, 0.3) is 0 Å². The summed E-state index contributed by atoms with van der Waals surface area (Å²) < 4.78 is 0. The van der Waals surface area contributed by atoms with E-state index in [1.807, 2.05) is 0 Å². The van der Waals surface area contributed by atoms with Crippen molar-refractivity contribution in [1.82, 2.24) is 0 Å². The first kappa shape index (κ1) is 13.0. The van der Waals surface area contributed by atoms with Crippen LogP contribution in [0.25, 0.3) is 0 Å². The lowest BCUT2D eigenvalue weighted by Gasteiger charge is -2.38. The van der Waals surface area contributed by atoms with Crippen molar-refractivity contribution in [3.05, 3.63) is 0 Å². The summed E-state index contributed by atoms with van der Waals surface area (Å²) in [4.78, 5) is 0. The van der Waals surface area contributed by atoms with Gasteiger partial charge in [0.2, 0.25) is 0 Å². The van der Waals surface area contributed by atoms with Crippen LogP contribution in [0.4, 0.5) is 0 Å². The third-order valence-electron chi connectivity index (χ3n) is 6.78. The molecule has 0 bridgehead atoms. The lowest BCUT2D eigenvalue weighted by Crippen LogP contribution is -2.30. The summed E-state index contributed by atoms with van der Waals surface area (Å²) in [5.74, 6) is 6.47. The number of fused-ring (bicyclic) bond motifs is 1. The van der Waals surface area contributed by atoms with Gasteiger partial charge in [0.1, 0.15) is 0 Å². The Bertz CT molecular complexity index is 269. The zero-order valence-corrected chi connectivity index (χ0v) is 12.5. The molecule has 18 heavy (non-hydrogen) atoms. The molecule has 3 aliphatic carbocycles. The SMILES string of the molecule is CC1CCCC(C(C)C2CCC3CCCCC32)C1. The first-order valence-corrected chi connectivity index (χ1v) is 8.75. The van der Waals surface area contributed by atoms with Crippen LogP contribution in [-0.2, 0) is 0 Å². The van der Waals surface area contributed by atoms with E-state index in [9.17, 15) is 0 Å². The van der Waals surface area contributed by atoms with Gasteiger partial charge in [0.15, 0.2) is 0 Å². The topological polar surface area (TPSA) is 0 Å². The highest BCUT2D eigenvalue weighted by Crippen LogP contribution is 2.51. The Hall–Kier alpha value is 0. The normalized spacial score (nSPS) is 46.7. The molecule has 0 amide bonds. The standard InChI is InChI=1S/C18H32/c1-13-6-5-8-16(12-13)14(2)17-11-10-15-7-3-4-9-18(15)17/h13-18H,3-12H2,1-2H3. The fourth-order valence-electron chi connectivity index (χ4n) is 5.74. The first-order chi connectivity index (χ1) is 8.75. The molecular weight excluding hydrogens is 216 g/mol. The Morgan fingerprint density at radius 2 is 1.67 bits per heavy atom. The van der Waals surface area contributed by atoms with Gasteiger partial charge in [0.05, 0.1) is 0 Å². The van der Waals surface area contributed by atoms with Crippen molar-refractivity contribution in [2.75, 3.05) is 0 Å². The molecule has 3 aliphatic rings. The molecule has 3 saturated carbocycles. The molecular formula is C18H32. The molecule has 0 heterocycles. The predicted octanol–water partition coefficient (Wildman–Crippen LogP) is 5.67. The lowest BCUT2D eigenvalue weighted by atomic mass is 9.67. The second-order valence-electron chi connectivity index (χ2n) is 7.84. The molecule has 0 aromatic heterocycles. The van der Waals surface area contributed by atoms with Crippen LogP contribution in [0.1, 0.15) is 78.1 Å². The van der Waals surface area contributed by atoms with Crippen LogP contribution in [0.15, 0.2) is 0 Å². The maximum atomic E-state index is 2.62. The molecule has 0 aromatic rings. The van der Waals surface area contributed by atoms with Crippen LogP contribution in [0.5, 0.6) is 0 Å². The summed E-state index contributed by atoms with van der Waals surface area (Å²) in [6, 6.07) is 0. The molecule has 0 aromatic carbocycles. The largest absolute Gasteiger partial charge is 0.0625 e. The van der Waals surface area contributed by atoms with E-state index in [1.165, 1.54) is 32.1 Å². The first-order valence-electron chi connectivity index (χ1n) is 8.75. The minimum Gasteiger partial charge on any atom is -0.0625 e. The summed E-state index contributed by atoms with van der Waals surface area (Å²) in [6.07, 6.45) is 15.4. The average Bonchev–Trinajstić information content (AvgIpc) is 2.82. The van der Waals surface area contributed by atoms with Gasteiger partial charge in [-0.1, -0.05) is 52.4 Å². The molecule has 0 radical (unpaired) electrons. The van der Waals surface area contributed by atoms with E-state index < -0.39 is 0 Å². The van der Waals surface area contributed by atoms with Gasteiger partial charge in [0, 0.05) is 0 Å². The highest BCUT2D eigenvalue weighted by molar-refractivity contribution is 4.92. The highest BCUT2D eigenvalue weighted by atomic mass is 14.5. The summed E-state index contributed by atoms with van der Waals surface area (Å²) in [5, 5.41) is 0. The van der Waals surface area contributed by atoms with Crippen LogP contribution < -0.4 is 0 Å². The monoisotopic (exact) mass is 248 g/mol. The van der Waals surface area contributed by atoms with E-state index in [0.717, 1.165) is 35.5 Å². The quantitative estimate of drug-likeness (QED) is 0.591. The summed E-state index contributed by atoms with van der Waals surface area (Å²) in [6.45, 7) is 5.10. The lowest BCUT2D eigenvalue weighted by molar-refractivity contribution is 0.113. The maximum Gasteiger partial charge on any atom is -0.0355 e. The second kappa shape index (κ2) is 5.55. The minimum atomic E-state index is 1.01. The predicted molar refractivity (Wildman–Crippen MR) is 78.5 cm³/mol. The Balaban J connectivity index is 1.63. The van der Waals surface area contributed by atoms with Crippen molar-refractivity contribution < 1.29 is 0 Å². The molecule has 3 fully saturated rings. The zero-order chi connectivity index (χ0) is 12.5. The van der Waals surface area contributed by atoms with Crippen molar-refractivity contribution >= 4 is 0 Å². The van der Waals surface area contributed by atoms with E-state index in [-0.39, 0.29) is 0 Å². The molecule has 6 unspecified atom stereocenters. The Morgan fingerprint density at radius 3 is 2.50 bits per heavy atom. The highest BCUT2D eigenvalue weighted by Gasteiger charge is 2.42. The summed E-state index contributed by atoms with van der Waals surface area (Å²) in [5.41, 5.74) is 0. The fourth-order valence-corrected chi connectivity index (χ4v) is 5.74. The molecule has 0 saturated heterocycles. The van der Waals surface area contributed by atoms with Crippen LogP contribution in [0, 0.1) is 35.5 Å². The summed E-state index contributed by atoms with van der Waals surface area (Å²) in [7, 11) is 0. The molecule has 0 spiro atoms. The molecule has 3 rings (SSSR count). The van der Waals surface area contributed by atoms with Gasteiger partial charge in [-0.3, -0.25) is 0 Å². The number of hydrogen-bond donors (Lipinski definition) is 0. The molecule has 0 aliphatic heterocycles. The van der Waals surface area contributed by atoms with E-state index in [4.69, 9.17) is 0 Å².